The number of benzene rings is 1. The molecule has 8 atom stereocenters. The normalized spacial score (nSPS) is 32.8. The van der Waals surface area contributed by atoms with Gasteiger partial charge in [-0.3, -0.25) is 0 Å². The summed E-state index contributed by atoms with van der Waals surface area (Å²) in [6.07, 6.45) is 0.601. The molecule has 0 aliphatic carbocycles. The second-order valence-electron chi connectivity index (χ2n) is 20.3. The molecular weight excluding hydrogens is 737 g/mol. The van der Waals surface area contributed by atoms with E-state index in [1.54, 1.807) is 0 Å². The van der Waals surface area contributed by atoms with Gasteiger partial charge in [-0.05, 0) is 121 Å². The molecular formula is C46H74N4O8. The Morgan fingerprint density at radius 1 is 0.414 bits per heavy atom. The molecule has 4 aliphatic rings. The first-order valence-corrected chi connectivity index (χ1v) is 21.6. The second-order valence-corrected chi connectivity index (χ2v) is 20.3. The van der Waals surface area contributed by atoms with Crippen LogP contribution in [0, 0.1) is 23.7 Å². The minimum absolute atomic E-state index is 0.0401. The van der Waals surface area contributed by atoms with E-state index in [0.717, 1.165) is 0 Å². The Kier molecular flexibility index (Phi) is 13.3. The topological polar surface area (TPSA) is 118 Å². The van der Waals surface area contributed by atoms with Crippen LogP contribution in [0.3, 0.4) is 0 Å². The van der Waals surface area contributed by atoms with E-state index in [1.807, 2.05) is 0 Å². The first-order chi connectivity index (χ1) is 26.7. The van der Waals surface area contributed by atoms with Gasteiger partial charge in [0.2, 0.25) is 0 Å². The number of carbonyl (C=O) groups is 4. The summed E-state index contributed by atoms with van der Waals surface area (Å²) in [5.41, 5.74) is -1.59. The molecule has 1 aromatic rings. The van der Waals surface area contributed by atoms with Crippen molar-refractivity contribution in [1.29, 1.82) is 0 Å². The van der Waals surface area contributed by atoms with Gasteiger partial charge in [-0.25, -0.2) is 19.2 Å². The Morgan fingerprint density at radius 2 is 0.586 bits per heavy atom. The molecule has 4 fully saturated rings. The van der Waals surface area contributed by atoms with E-state index in [0.29, 0.717) is 51.9 Å². The van der Waals surface area contributed by atoms with Crippen LogP contribution in [0.1, 0.15) is 150 Å². The third kappa shape index (κ3) is 8.59. The molecule has 326 valence electrons. The van der Waals surface area contributed by atoms with Crippen LogP contribution in [-0.2, 0) is 18.9 Å². The lowest BCUT2D eigenvalue weighted by molar-refractivity contribution is -0.0594. The Hall–Kier alpha value is -3.06. The molecule has 0 aromatic heterocycles. The largest absolute Gasteiger partial charge is 0.458 e. The van der Waals surface area contributed by atoms with Crippen LogP contribution in [0.5, 0.6) is 0 Å². The van der Waals surface area contributed by atoms with E-state index >= 15 is 0 Å². The third-order valence-corrected chi connectivity index (χ3v) is 16.7. The molecule has 0 saturated carbocycles. The lowest BCUT2D eigenvalue weighted by Crippen LogP contribution is -2.56. The van der Waals surface area contributed by atoms with Crippen LogP contribution in [0.25, 0.3) is 0 Å². The molecule has 12 nitrogen and oxygen atoms in total. The Morgan fingerprint density at radius 3 is 0.759 bits per heavy atom. The molecule has 4 saturated heterocycles. The van der Waals surface area contributed by atoms with E-state index in [1.165, 1.54) is 12.1 Å². The summed E-state index contributed by atoms with van der Waals surface area (Å²) in [4.78, 5) is 67.1. The van der Waals surface area contributed by atoms with Crippen molar-refractivity contribution < 1.29 is 38.1 Å². The van der Waals surface area contributed by atoms with Crippen LogP contribution in [-0.4, -0.2) is 144 Å². The standard InChI is InChI=1S/C46H74N4O8/c1-27-35(17-21-47(13)43(27,5)6)55-39(51)31-25-33(41(53)57-37-19-23-49(15)45(9,10)29(37)3)34(42(54)58-38-20-24-50(16)46(11,12)30(38)4)26-32(31)40(52)56-36-18-22-48(14)44(7,8)28(36)2/h25-30,35-38H,17-24H2,1-16H3. The predicted molar refractivity (Wildman–Crippen MR) is 225 cm³/mol. The van der Waals surface area contributed by atoms with Gasteiger partial charge >= 0.3 is 23.9 Å². The Bertz CT molecular complexity index is 1480. The van der Waals surface area contributed by atoms with Gasteiger partial charge in [0.05, 0.1) is 22.3 Å². The van der Waals surface area contributed by atoms with Gasteiger partial charge in [0, 0.05) is 72.0 Å². The van der Waals surface area contributed by atoms with Crippen molar-refractivity contribution in [2.75, 3.05) is 54.4 Å². The summed E-state index contributed by atoms with van der Waals surface area (Å²) in [5, 5.41) is 0. The van der Waals surface area contributed by atoms with Crippen molar-refractivity contribution in [3.8, 4) is 0 Å². The Balaban J connectivity index is 1.60. The SMILES string of the molecule is CC1C(OC(=O)c2cc(C(=O)OC3CCN(C)C(C)(C)C3C)c(C(=O)OC3CCN(C)C(C)(C)C3C)cc2C(=O)OC2CCN(C)C(C)(C)C2C)CCN(C)C1(C)C. The monoisotopic (exact) mass is 811 g/mol. The van der Waals surface area contributed by atoms with Gasteiger partial charge in [-0.1, -0.05) is 27.7 Å². The maximum Gasteiger partial charge on any atom is 0.339 e. The quantitative estimate of drug-likeness (QED) is 0.203. The molecule has 12 heteroatoms. The van der Waals surface area contributed by atoms with Gasteiger partial charge in [-0.15, -0.1) is 0 Å². The van der Waals surface area contributed by atoms with Gasteiger partial charge in [0.1, 0.15) is 24.4 Å². The summed E-state index contributed by atoms with van der Waals surface area (Å²) in [5.74, 6) is -3.18. The first kappa shape index (κ1) is 46.0. The molecule has 1 aromatic carbocycles. The summed E-state index contributed by atoms with van der Waals surface area (Å²) in [6, 6.07) is 2.63. The highest BCUT2D eigenvalue weighted by Gasteiger charge is 2.46. The zero-order valence-electron chi connectivity index (χ0n) is 38.5. The predicted octanol–water partition coefficient (Wildman–Crippen LogP) is 6.79. The molecule has 5 rings (SSSR count). The third-order valence-electron chi connectivity index (χ3n) is 16.7. The lowest BCUT2D eigenvalue weighted by Gasteiger charge is -2.48. The molecule has 0 spiro atoms. The van der Waals surface area contributed by atoms with Crippen molar-refractivity contribution in [2.45, 2.75) is 155 Å². The molecule has 4 heterocycles. The molecule has 8 unspecified atom stereocenters. The summed E-state index contributed by atoms with van der Waals surface area (Å²) >= 11 is 0. The number of nitrogens with zero attached hydrogens (tertiary/aromatic N) is 4. The number of hydrogen-bond acceptors (Lipinski definition) is 12. The summed E-state index contributed by atoms with van der Waals surface area (Å²) < 4.78 is 25.1. The average Bonchev–Trinajstić information content (AvgIpc) is 3.16. The molecule has 0 N–H and O–H groups in total. The lowest BCUT2D eigenvalue weighted by atomic mass is 9.78. The number of carbonyl (C=O) groups excluding carboxylic acids is 4. The first-order valence-electron chi connectivity index (χ1n) is 21.6. The van der Waals surface area contributed by atoms with Gasteiger partial charge in [0.25, 0.3) is 0 Å². The van der Waals surface area contributed by atoms with Crippen molar-refractivity contribution in [2.24, 2.45) is 23.7 Å². The van der Waals surface area contributed by atoms with Crippen LogP contribution in [0.2, 0.25) is 0 Å². The van der Waals surface area contributed by atoms with Gasteiger partial charge in [0.15, 0.2) is 0 Å². The van der Waals surface area contributed by atoms with Crippen LogP contribution >= 0.6 is 0 Å². The minimum Gasteiger partial charge on any atom is -0.458 e. The van der Waals surface area contributed by atoms with Crippen LogP contribution in [0.4, 0.5) is 0 Å². The average molecular weight is 811 g/mol. The van der Waals surface area contributed by atoms with Crippen molar-refractivity contribution in [3.63, 3.8) is 0 Å². The molecule has 0 radical (unpaired) electrons. The maximum absolute atomic E-state index is 14.5. The smallest absolute Gasteiger partial charge is 0.339 e. The van der Waals surface area contributed by atoms with Crippen LogP contribution in [0.15, 0.2) is 12.1 Å². The molecule has 0 bridgehead atoms. The number of piperidine rings is 4. The zero-order chi connectivity index (χ0) is 43.4. The number of likely N-dealkylation sites (tertiary alicyclic amines) is 4. The Labute approximate surface area is 348 Å². The summed E-state index contributed by atoms with van der Waals surface area (Å²) in [7, 11) is 8.24. The van der Waals surface area contributed by atoms with Crippen molar-refractivity contribution >= 4 is 23.9 Å². The fraction of sp³-hybridized carbons (Fsp3) is 0.783. The van der Waals surface area contributed by atoms with Gasteiger partial charge in [-0.2, -0.15) is 0 Å². The molecule has 58 heavy (non-hydrogen) atoms. The fourth-order valence-corrected chi connectivity index (χ4v) is 9.37. The summed E-state index contributed by atoms with van der Waals surface area (Å²) in [6.45, 7) is 28.1. The second kappa shape index (κ2) is 16.8. The minimum atomic E-state index is -0.755. The highest BCUT2D eigenvalue weighted by molar-refractivity contribution is 6.10. The number of hydrogen-bond donors (Lipinski definition) is 0. The van der Waals surface area contributed by atoms with E-state index < -0.39 is 48.3 Å². The van der Waals surface area contributed by atoms with Gasteiger partial charge < -0.3 is 38.5 Å². The van der Waals surface area contributed by atoms with Crippen molar-refractivity contribution in [1.82, 2.24) is 19.6 Å². The fourth-order valence-electron chi connectivity index (χ4n) is 9.37. The number of esters is 4. The molecule has 4 aliphatic heterocycles. The maximum atomic E-state index is 14.5. The highest BCUT2D eigenvalue weighted by Crippen LogP contribution is 2.39. The van der Waals surface area contributed by atoms with Crippen LogP contribution < -0.4 is 0 Å². The van der Waals surface area contributed by atoms with E-state index in [4.69, 9.17) is 18.9 Å². The van der Waals surface area contributed by atoms with Crippen molar-refractivity contribution in [3.05, 3.63) is 34.4 Å². The number of ether oxygens (including phenoxy) is 4. The number of rotatable bonds is 8. The highest BCUT2D eigenvalue weighted by atomic mass is 16.6. The van der Waals surface area contributed by atoms with E-state index in [9.17, 15) is 19.2 Å². The van der Waals surface area contributed by atoms with E-state index in [-0.39, 0.29) is 68.1 Å². The molecule has 0 amide bonds. The zero-order valence-corrected chi connectivity index (χ0v) is 38.5. The van der Waals surface area contributed by atoms with E-state index in [2.05, 4.69) is 131 Å².